The summed E-state index contributed by atoms with van der Waals surface area (Å²) in [5.74, 6) is -0.608. The summed E-state index contributed by atoms with van der Waals surface area (Å²) < 4.78 is 25.0. The zero-order chi connectivity index (χ0) is 18.4. The number of ether oxygens (including phenoxy) is 2. The first-order valence-electron chi connectivity index (χ1n) is 6.94. The van der Waals surface area contributed by atoms with Crippen molar-refractivity contribution in [3.8, 4) is 17.6 Å². The molecule has 8 heteroatoms. The Bertz CT molecular complexity index is 878. The van der Waals surface area contributed by atoms with Crippen LogP contribution in [0.15, 0.2) is 39.9 Å². The average molecular weight is 406 g/mol. The highest BCUT2D eigenvalue weighted by Crippen LogP contribution is 2.33. The normalized spacial score (nSPS) is 10.4. The molecule has 6 nitrogen and oxygen atoms in total. The number of methoxy groups -OCH3 is 2. The van der Waals surface area contributed by atoms with E-state index in [9.17, 15) is 9.18 Å². The van der Waals surface area contributed by atoms with Crippen molar-refractivity contribution in [1.29, 1.82) is 5.26 Å². The fourth-order valence-electron chi connectivity index (χ4n) is 2.04. The quantitative estimate of drug-likeness (QED) is 0.611. The number of hydrogen-bond donors (Lipinski definition) is 1. The molecular weight excluding hydrogens is 393 g/mol. The van der Waals surface area contributed by atoms with Gasteiger partial charge in [0.1, 0.15) is 5.82 Å². The van der Waals surface area contributed by atoms with E-state index in [1.165, 1.54) is 32.6 Å². The highest BCUT2D eigenvalue weighted by atomic mass is 79.9. The van der Waals surface area contributed by atoms with Gasteiger partial charge in [0.2, 0.25) is 0 Å². The van der Waals surface area contributed by atoms with Crippen LogP contribution in [0.3, 0.4) is 0 Å². The van der Waals surface area contributed by atoms with Crippen LogP contribution in [0.1, 0.15) is 21.5 Å². The third kappa shape index (κ3) is 4.33. The number of nitrogens with zero attached hydrogens (tertiary/aromatic N) is 2. The van der Waals surface area contributed by atoms with Crippen molar-refractivity contribution in [3.05, 3.63) is 57.3 Å². The summed E-state index contributed by atoms with van der Waals surface area (Å²) in [5.41, 5.74) is 2.70. The van der Waals surface area contributed by atoms with Crippen LogP contribution in [-0.2, 0) is 0 Å². The third-order valence-electron chi connectivity index (χ3n) is 3.18. The van der Waals surface area contributed by atoms with E-state index >= 15 is 0 Å². The van der Waals surface area contributed by atoms with Crippen molar-refractivity contribution in [2.75, 3.05) is 14.2 Å². The van der Waals surface area contributed by atoms with Gasteiger partial charge in [-0.3, -0.25) is 4.79 Å². The lowest BCUT2D eigenvalue weighted by Gasteiger charge is -2.10. The van der Waals surface area contributed by atoms with Crippen molar-refractivity contribution in [2.45, 2.75) is 0 Å². The molecule has 1 N–H and O–H groups in total. The molecule has 0 fully saturated rings. The number of hydrazone groups is 1. The lowest BCUT2D eigenvalue weighted by molar-refractivity contribution is 0.0951. The lowest BCUT2D eigenvalue weighted by atomic mass is 10.1. The first-order chi connectivity index (χ1) is 12.0. The maximum absolute atomic E-state index is 13.8. The number of benzene rings is 2. The topological polar surface area (TPSA) is 83.7 Å². The van der Waals surface area contributed by atoms with Gasteiger partial charge in [0, 0.05) is 10.0 Å². The molecule has 0 aliphatic rings. The molecule has 2 aromatic carbocycles. The predicted molar refractivity (Wildman–Crippen MR) is 93.4 cm³/mol. The second kappa shape index (κ2) is 8.26. The van der Waals surface area contributed by atoms with Gasteiger partial charge in [0.25, 0.3) is 5.91 Å². The number of amides is 1. The van der Waals surface area contributed by atoms with Gasteiger partial charge in [-0.15, -0.1) is 0 Å². The minimum absolute atomic E-state index is 0.128. The average Bonchev–Trinajstić information content (AvgIpc) is 2.60. The molecule has 0 heterocycles. The molecular formula is C17H13BrFN3O3. The molecule has 25 heavy (non-hydrogen) atoms. The number of halogens is 2. The van der Waals surface area contributed by atoms with Gasteiger partial charge in [-0.1, -0.05) is 15.9 Å². The molecule has 0 unspecified atom stereocenters. The van der Waals surface area contributed by atoms with Crippen LogP contribution in [0.25, 0.3) is 0 Å². The molecule has 128 valence electrons. The monoisotopic (exact) mass is 405 g/mol. The van der Waals surface area contributed by atoms with E-state index < -0.39 is 11.7 Å². The van der Waals surface area contributed by atoms with Crippen molar-refractivity contribution in [1.82, 2.24) is 5.43 Å². The highest BCUT2D eigenvalue weighted by molar-refractivity contribution is 9.10. The zero-order valence-electron chi connectivity index (χ0n) is 13.3. The number of carbonyl (C=O) groups is 1. The molecule has 0 aliphatic heterocycles. The van der Waals surface area contributed by atoms with Gasteiger partial charge in [0.05, 0.1) is 37.6 Å². The molecule has 0 saturated carbocycles. The van der Waals surface area contributed by atoms with E-state index in [1.807, 2.05) is 0 Å². The molecule has 2 aromatic rings. The Labute approximate surface area is 152 Å². The van der Waals surface area contributed by atoms with E-state index in [4.69, 9.17) is 14.7 Å². The number of hydrogen-bond acceptors (Lipinski definition) is 5. The van der Waals surface area contributed by atoms with Gasteiger partial charge < -0.3 is 9.47 Å². The van der Waals surface area contributed by atoms with Crippen molar-refractivity contribution >= 4 is 28.1 Å². The summed E-state index contributed by atoms with van der Waals surface area (Å²) >= 11 is 3.34. The van der Waals surface area contributed by atoms with Crippen LogP contribution in [-0.4, -0.2) is 26.3 Å². The molecule has 0 saturated heterocycles. The van der Waals surface area contributed by atoms with E-state index in [-0.39, 0.29) is 11.1 Å². The first-order valence-corrected chi connectivity index (χ1v) is 7.74. The Morgan fingerprint density at radius 3 is 2.68 bits per heavy atom. The largest absolute Gasteiger partial charge is 0.493 e. The number of nitriles is 1. The highest BCUT2D eigenvalue weighted by Gasteiger charge is 2.13. The minimum atomic E-state index is -0.798. The van der Waals surface area contributed by atoms with Gasteiger partial charge in [-0.25, -0.2) is 9.82 Å². The number of nitrogens with one attached hydrogen (secondary N) is 1. The van der Waals surface area contributed by atoms with Gasteiger partial charge in [0.15, 0.2) is 11.5 Å². The van der Waals surface area contributed by atoms with Crippen molar-refractivity contribution in [3.63, 3.8) is 0 Å². The fourth-order valence-corrected chi connectivity index (χ4v) is 2.50. The van der Waals surface area contributed by atoms with E-state index in [0.29, 0.717) is 17.1 Å². The Kier molecular flexibility index (Phi) is 6.08. The van der Waals surface area contributed by atoms with Crippen LogP contribution < -0.4 is 14.9 Å². The molecule has 0 radical (unpaired) electrons. The standard InChI is InChI=1S/C17H13BrFN3O3/c1-24-15-7-12(18)6-11(16(15)25-2)9-21-22-17(23)13-4-3-10(8-20)5-14(13)19/h3-7,9H,1-2H3,(H,22,23)/b21-9-. The Hall–Kier alpha value is -2.92. The summed E-state index contributed by atoms with van der Waals surface area (Å²) in [6, 6.07) is 8.80. The van der Waals surface area contributed by atoms with Crippen molar-refractivity contribution < 1.29 is 18.7 Å². The van der Waals surface area contributed by atoms with Crippen LogP contribution in [0, 0.1) is 17.1 Å². The van der Waals surface area contributed by atoms with E-state index in [2.05, 4.69) is 26.5 Å². The summed E-state index contributed by atoms with van der Waals surface area (Å²) in [7, 11) is 2.98. The third-order valence-corrected chi connectivity index (χ3v) is 3.64. The minimum Gasteiger partial charge on any atom is -0.493 e. The lowest BCUT2D eigenvalue weighted by Crippen LogP contribution is -2.19. The molecule has 0 aliphatic carbocycles. The molecule has 0 spiro atoms. The summed E-state index contributed by atoms with van der Waals surface area (Å²) in [6.07, 6.45) is 1.35. The number of rotatable bonds is 5. The molecule has 1 amide bonds. The Morgan fingerprint density at radius 2 is 2.08 bits per heavy atom. The maximum atomic E-state index is 13.8. The molecule has 0 atom stereocenters. The van der Waals surface area contributed by atoms with E-state index in [0.717, 1.165) is 10.5 Å². The number of carbonyl (C=O) groups excluding carboxylic acids is 1. The zero-order valence-corrected chi connectivity index (χ0v) is 14.9. The second-order valence-corrected chi connectivity index (χ2v) is 5.65. The van der Waals surface area contributed by atoms with Crippen LogP contribution in [0.2, 0.25) is 0 Å². The van der Waals surface area contributed by atoms with Crippen LogP contribution in [0.5, 0.6) is 11.5 Å². The summed E-state index contributed by atoms with van der Waals surface area (Å²) in [5, 5.41) is 12.5. The van der Waals surface area contributed by atoms with Crippen LogP contribution >= 0.6 is 15.9 Å². The van der Waals surface area contributed by atoms with Gasteiger partial charge in [-0.2, -0.15) is 10.4 Å². The first kappa shape index (κ1) is 18.4. The smallest absolute Gasteiger partial charge is 0.274 e. The molecule has 0 bridgehead atoms. The summed E-state index contributed by atoms with van der Waals surface area (Å²) in [6.45, 7) is 0. The van der Waals surface area contributed by atoms with Crippen molar-refractivity contribution in [2.24, 2.45) is 5.10 Å². The fraction of sp³-hybridized carbons (Fsp3) is 0.118. The van der Waals surface area contributed by atoms with Gasteiger partial charge >= 0.3 is 0 Å². The molecule has 2 rings (SSSR count). The SMILES string of the molecule is COc1cc(Br)cc(/C=N\NC(=O)c2ccc(C#N)cc2F)c1OC. The van der Waals surface area contributed by atoms with Gasteiger partial charge in [-0.05, 0) is 30.3 Å². The Morgan fingerprint density at radius 1 is 1.32 bits per heavy atom. The summed E-state index contributed by atoms with van der Waals surface area (Å²) in [4.78, 5) is 12.0. The Balaban J connectivity index is 2.20. The van der Waals surface area contributed by atoms with Crippen LogP contribution in [0.4, 0.5) is 4.39 Å². The van der Waals surface area contributed by atoms with E-state index in [1.54, 1.807) is 18.2 Å². The maximum Gasteiger partial charge on any atom is 0.274 e. The second-order valence-electron chi connectivity index (χ2n) is 4.74. The predicted octanol–water partition coefficient (Wildman–Crippen LogP) is 3.24. The molecule has 0 aromatic heterocycles.